The normalized spacial score (nSPS) is 10.9. The molecule has 0 aliphatic carbocycles. The molecule has 1 aromatic carbocycles. The predicted molar refractivity (Wildman–Crippen MR) is 77.5 cm³/mol. The number of aromatic carboxylic acids is 1. The molecule has 0 bridgehead atoms. The van der Waals surface area contributed by atoms with Gasteiger partial charge in [0.15, 0.2) is 5.69 Å². The number of nitrogens with zero attached hydrogens (tertiary/aromatic N) is 4. The lowest BCUT2D eigenvalue weighted by atomic mass is 10.1. The number of carboxylic acids is 1. The minimum Gasteiger partial charge on any atom is -0.476 e. The highest BCUT2D eigenvalue weighted by atomic mass is 19.1. The summed E-state index contributed by atoms with van der Waals surface area (Å²) in [7, 11) is 0. The quantitative estimate of drug-likeness (QED) is 0.794. The van der Waals surface area contributed by atoms with Crippen molar-refractivity contribution in [3.05, 3.63) is 52.8 Å². The van der Waals surface area contributed by atoms with Crippen LogP contribution in [0.1, 0.15) is 27.5 Å². The van der Waals surface area contributed by atoms with E-state index in [1.165, 1.54) is 22.9 Å². The molecule has 0 unspecified atom stereocenters. The van der Waals surface area contributed by atoms with E-state index in [9.17, 15) is 14.3 Å². The van der Waals surface area contributed by atoms with E-state index in [0.717, 1.165) is 5.56 Å². The third kappa shape index (κ3) is 2.70. The minimum absolute atomic E-state index is 0.229. The summed E-state index contributed by atoms with van der Waals surface area (Å²) in [5.74, 6) is -1.08. The Labute approximate surface area is 130 Å². The molecule has 0 saturated heterocycles. The smallest absolute Gasteiger partial charge is 0.358 e. The summed E-state index contributed by atoms with van der Waals surface area (Å²) in [6, 6.07) is 5.64. The molecule has 0 radical (unpaired) electrons. The van der Waals surface area contributed by atoms with Crippen LogP contribution in [-0.2, 0) is 6.54 Å². The Kier molecular flexibility index (Phi) is 3.65. The van der Waals surface area contributed by atoms with E-state index in [-0.39, 0.29) is 17.9 Å². The fourth-order valence-electron chi connectivity index (χ4n) is 2.37. The van der Waals surface area contributed by atoms with Crippen molar-refractivity contribution in [3.63, 3.8) is 0 Å². The van der Waals surface area contributed by atoms with Crippen molar-refractivity contribution in [1.82, 2.24) is 20.2 Å². The lowest BCUT2D eigenvalue weighted by Gasteiger charge is -2.07. The summed E-state index contributed by atoms with van der Waals surface area (Å²) < 4.78 is 20.0. The number of carbonyl (C=O) groups is 1. The number of carboxylic acid groups (broad SMARTS) is 1. The van der Waals surface area contributed by atoms with E-state index >= 15 is 0 Å². The highest BCUT2D eigenvalue weighted by Crippen LogP contribution is 2.25. The average molecular weight is 316 g/mol. The number of benzene rings is 1. The zero-order chi connectivity index (χ0) is 16.6. The largest absolute Gasteiger partial charge is 0.476 e. The van der Waals surface area contributed by atoms with E-state index in [4.69, 9.17) is 4.52 Å². The van der Waals surface area contributed by atoms with Gasteiger partial charge in [0.05, 0.1) is 12.2 Å². The number of aromatic nitrogens is 4. The van der Waals surface area contributed by atoms with Crippen LogP contribution in [0.3, 0.4) is 0 Å². The second-order valence-electron chi connectivity index (χ2n) is 5.06. The molecule has 0 saturated carbocycles. The summed E-state index contributed by atoms with van der Waals surface area (Å²) in [6.07, 6.45) is 0. The van der Waals surface area contributed by atoms with Gasteiger partial charge in [0.1, 0.15) is 17.3 Å². The van der Waals surface area contributed by atoms with Crippen LogP contribution in [0.25, 0.3) is 11.3 Å². The molecule has 3 rings (SSSR count). The van der Waals surface area contributed by atoms with Crippen molar-refractivity contribution in [2.75, 3.05) is 0 Å². The summed E-state index contributed by atoms with van der Waals surface area (Å²) in [4.78, 5) is 11.4. The second-order valence-corrected chi connectivity index (χ2v) is 5.06. The Hall–Kier alpha value is -3.03. The Balaban J connectivity index is 2.13. The minimum atomic E-state index is -1.23. The van der Waals surface area contributed by atoms with E-state index in [1.807, 2.05) is 0 Å². The molecular weight excluding hydrogens is 303 g/mol. The van der Waals surface area contributed by atoms with Crippen molar-refractivity contribution >= 4 is 5.97 Å². The number of aryl methyl sites for hydroxylation is 2. The van der Waals surface area contributed by atoms with Gasteiger partial charge in [-0.15, -0.1) is 5.10 Å². The first-order chi connectivity index (χ1) is 11.0. The fraction of sp³-hybridized carbons (Fsp3) is 0.200. The number of rotatable bonds is 4. The Morgan fingerprint density at radius 1 is 1.39 bits per heavy atom. The fourth-order valence-corrected chi connectivity index (χ4v) is 2.37. The lowest BCUT2D eigenvalue weighted by Crippen LogP contribution is -2.07. The van der Waals surface area contributed by atoms with Crippen LogP contribution < -0.4 is 0 Å². The van der Waals surface area contributed by atoms with Crippen LogP contribution in [-0.4, -0.2) is 31.2 Å². The van der Waals surface area contributed by atoms with Crippen molar-refractivity contribution in [2.24, 2.45) is 0 Å². The highest BCUT2D eigenvalue weighted by molar-refractivity contribution is 5.92. The number of hydrogen-bond donors (Lipinski definition) is 1. The third-order valence-corrected chi connectivity index (χ3v) is 3.52. The summed E-state index contributed by atoms with van der Waals surface area (Å²) in [5, 5.41) is 20.8. The highest BCUT2D eigenvalue weighted by Gasteiger charge is 2.22. The van der Waals surface area contributed by atoms with Crippen LogP contribution >= 0.6 is 0 Å². The first kappa shape index (κ1) is 14.9. The van der Waals surface area contributed by atoms with Crippen LogP contribution in [0, 0.1) is 19.7 Å². The molecule has 7 nitrogen and oxygen atoms in total. The molecular formula is C15H13FN4O3. The maximum absolute atomic E-state index is 13.5. The van der Waals surface area contributed by atoms with Crippen LogP contribution in [0.15, 0.2) is 28.8 Å². The number of halogens is 1. The zero-order valence-electron chi connectivity index (χ0n) is 12.4. The molecule has 118 valence electrons. The van der Waals surface area contributed by atoms with Gasteiger partial charge in [0.25, 0.3) is 0 Å². The SMILES string of the molecule is Cc1noc(C)c1Cn1nnc(C(=O)O)c1-c1cccc(F)c1. The Bertz CT molecular complexity index is 865. The lowest BCUT2D eigenvalue weighted by molar-refractivity contribution is 0.0691. The first-order valence-electron chi connectivity index (χ1n) is 6.82. The summed E-state index contributed by atoms with van der Waals surface area (Å²) in [6.45, 7) is 3.77. The van der Waals surface area contributed by atoms with E-state index < -0.39 is 11.8 Å². The van der Waals surface area contributed by atoms with Gasteiger partial charge in [-0.2, -0.15) is 0 Å². The summed E-state index contributed by atoms with van der Waals surface area (Å²) in [5.41, 5.74) is 1.85. The molecule has 1 N–H and O–H groups in total. The molecule has 0 fully saturated rings. The molecule has 2 aromatic heterocycles. The maximum atomic E-state index is 13.5. The van der Waals surface area contributed by atoms with Gasteiger partial charge in [-0.25, -0.2) is 13.9 Å². The van der Waals surface area contributed by atoms with Crippen molar-refractivity contribution in [2.45, 2.75) is 20.4 Å². The van der Waals surface area contributed by atoms with Gasteiger partial charge in [-0.05, 0) is 26.0 Å². The topological polar surface area (TPSA) is 94.0 Å². The number of hydrogen-bond acceptors (Lipinski definition) is 5. The third-order valence-electron chi connectivity index (χ3n) is 3.52. The Morgan fingerprint density at radius 3 is 2.78 bits per heavy atom. The van der Waals surface area contributed by atoms with Crippen LogP contribution in [0.2, 0.25) is 0 Å². The molecule has 8 heteroatoms. The van der Waals surface area contributed by atoms with Gasteiger partial charge >= 0.3 is 5.97 Å². The molecule has 3 aromatic rings. The standard InChI is InChI=1S/C15H13FN4O3/c1-8-12(9(2)23-18-8)7-20-14(13(15(21)22)17-19-20)10-4-3-5-11(16)6-10/h3-6H,7H2,1-2H3,(H,21,22). The van der Waals surface area contributed by atoms with E-state index in [0.29, 0.717) is 17.0 Å². The molecule has 0 atom stereocenters. The van der Waals surface area contributed by atoms with Crippen LogP contribution in [0.4, 0.5) is 4.39 Å². The van der Waals surface area contributed by atoms with Gasteiger partial charge in [0, 0.05) is 11.1 Å². The van der Waals surface area contributed by atoms with Gasteiger partial charge in [0.2, 0.25) is 0 Å². The van der Waals surface area contributed by atoms with Crippen molar-refractivity contribution in [3.8, 4) is 11.3 Å². The molecule has 23 heavy (non-hydrogen) atoms. The van der Waals surface area contributed by atoms with E-state index in [1.54, 1.807) is 19.9 Å². The Morgan fingerprint density at radius 2 is 2.17 bits per heavy atom. The van der Waals surface area contributed by atoms with Gasteiger partial charge in [-0.3, -0.25) is 0 Å². The molecule has 2 heterocycles. The summed E-state index contributed by atoms with van der Waals surface area (Å²) >= 11 is 0. The average Bonchev–Trinajstić information content (AvgIpc) is 3.06. The molecule has 0 spiro atoms. The second kappa shape index (κ2) is 5.64. The van der Waals surface area contributed by atoms with Crippen LogP contribution in [0.5, 0.6) is 0 Å². The molecule has 0 aliphatic rings. The molecule has 0 amide bonds. The van der Waals surface area contributed by atoms with Gasteiger partial charge in [-0.1, -0.05) is 22.5 Å². The van der Waals surface area contributed by atoms with E-state index in [2.05, 4.69) is 15.5 Å². The monoisotopic (exact) mass is 316 g/mol. The predicted octanol–water partition coefficient (Wildman–Crippen LogP) is 2.44. The maximum Gasteiger partial charge on any atom is 0.358 e. The first-order valence-corrected chi connectivity index (χ1v) is 6.82. The zero-order valence-corrected chi connectivity index (χ0v) is 12.4. The van der Waals surface area contributed by atoms with Crippen molar-refractivity contribution in [1.29, 1.82) is 0 Å². The van der Waals surface area contributed by atoms with Gasteiger partial charge < -0.3 is 9.63 Å². The molecule has 0 aliphatic heterocycles. The van der Waals surface area contributed by atoms with Crippen molar-refractivity contribution < 1.29 is 18.8 Å².